The van der Waals surface area contributed by atoms with Crippen LogP contribution in [0.25, 0.3) is 10.6 Å². The molecule has 0 fully saturated rings. The molecule has 1 aromatic carbocycles. The molecular weight excluding hydrogens is 392 g/mol. The van der Waals surface area contributed by atoms with Crippen LogP contribution in [0.4, 0.5) is 5.69 Å². The van der Waals surface area contributed by atoms with Gasteiger partial charge in [0.05, 0.1) is 0 Å². The fourth-order valence-electron chi connectivity index (χ4n) is 1.75. The summed E-state index contributed by atoms with van der Waals surface area (Å²) in [4.78, 5) is 4.22. The molecule has 0 aliphatic heterocycles. The van der Waals surface area contributed by atoms with Crippen LogP contribution in [0, 0.1) is 0 Å². The van der Waals surface area contributed by atoms with Crippen molar-refractivity contribution in [2.24, 2.45) is 0 Å². The predicted molar refractivity (Wildman–Crippen MR) is 90.4 cm³/mol. The van der Waals surface area contributed by atoms with E-state index in [1.165, 1.54) is 22.7 Å². The SMILES string of the molecule is O=S(=O)(Nc1cccc(-c2nccs2)c1)c1sccc1Br. The van der Waals surface area contributed by atoms with E-state index in [0.29, 0.717) is 10.2 Å². The summed E-state index contributed by atoms with van der Waals surface area (Å²) in [5, 5.41) is 4.47. The quantitative estimate of drug-likeness (QED) is 0.704. The minimum absolute atomic E-state index is 0.266. The number of thiazole rings is 1. The standard InChI is InChI=1S/C13H9BrN2O2S3/c14-11-4-6-20-13(11)21(17,18)16-10-3-1-2-9(8-10)12-15-5-7-19-12/h1-8,16H. The summed E-state index contributed by atoms with van der Waals surface area (Å²) in [6.07, 6.45) is 1.72. The molecule has 0 unspecified atom stereocenters. The Labute approximate surface area is 138 Å². The van der Waals surface area contributed by atoms with E-state index in [1.54, 1.807) is 35.8 Å². The zero-order valence-electron chi connectivity index (χ0n) is 10.5. The average molecular weight is 401 g/mol. The topological polar surface area (TPSA) is 59.1 Å². The van der Waals surface area contributed by atoms with Gasteiger partial charge in [-0.25, -0.2) is 13.4 Å². The molecule has 0 amide bonds. The Bertz CT molecular complexity index is 857. The zero-order valence-corrected chi connectivity index (χ0v) is 14.5. The number of hydrogen-bond acceptors (Lipinski definition) is 5. The van der Waals surface area contributed by atoms with Crippen LogP contribution in [0.2, 0.25) is 0 Å². The van der Waals surface area contributed by atoms with E-state index in [1.807, 2.05) is 11.4 Å². The molecule has 2 heterocycles. The maximum absolute atomic E-state index is 12.3. The molecule has 0 aliphatic carbocycles. The van der Waals surface area contributed by atoms with Crippen molar-refractivity contribution in [3.63, 3.8) is 0 Å². The monoisotopic (exact) mass is 400 g/mol. The summed E-state index contributed by atoms with van der Waals surface area (Å²) in [6.45, 7) is 0. The lowest BCUT2D eigenvalue weighted by molar-refractivity contribution is 0.603. The molecule has 0 bridgehead atoms. The molecule has 108 valence electrons. The van der Waals surface area contributed by atoms with Crippen molar-refractivity contribution in [2.45, 2.75) is 4.21 Å². The molecular formula is C13H9BrN2O2S3. The van der Waals surface area contributed by atoms with Gasteiger partial charge in [-0.1, -0.05) is 12.1 Å². The van der Waals surface area contributed by atoms with Gasteiger partial charge in [0.2, 0.25) is 0 Å². The lowest BCUT2D eigenvalue weighted by Gasteiger charge is -2.08. The molecule has 0 radical (unpaired) electrons. The van der Waals surface area contributed by atoms with Gasteiger partial charge in [-0.15, -0.1) is 22.7 Å². The van der Waals surface area contributed by atoms with Crippen LogP contribution in [0.5, 0.6) is 0 Å². The van der Waals surface area contributed by atoms with E-state index in [4.69, 9.17) is 0 Å². The van der Waals surface area contributed by atoms with E-state index in [9.17, 15) is 8.42 Å². The number of sulfonamides is 1. The number of halogens is 1. The molecule has 3 rings (SSSR count). The largest absolute Gasteiger partial charge is 0.279 e. The maximum atomic E-state index is 12.3. The third-order valence-electron chi connectivity index (χ3n) is 2.62. The summed E-state index contributed by atoms with van der Waals surface area (Å²) >= 11 is 5.92. The van der Waals surface area contributed by atoms with Crippen LogP contribution in [0.1, 0.15) is 0 Å². The Morgan fingerprint density at radius 2 is 2.00 bits per heavy atom. The Morgan fingerprint density at radius 3 is 2.67 bits per heavy atom. The molecule has 3 aromatic rings. The summed E-state index contributed by atoms with van der Waals surface area (Å²) in [7, 11) is -3.58. The number of thiophene rings is 1. The second kappa shape index (κ2) is 5.88. The first kappa shape index (κ1) is 14.7. The van der Waals surface area contributed by atoms with Crippen molar-refractivity contribution in [2.75, 3.05) is 4.72 Å². The number of aromatic nitrogens is 1. The minimum Gasteiger partial charge on any atom is -0.279 e. The molecule has 4 nitrogen and oxygen atoms in total. The summed E-state index contributed by atoms with van der Waals surface area (Å²) in [5.41, 5.74) is 1.40. The van der Waals surface area contributed by atoms with Gasteiger partial charge in [-0.3, -0.25) is 4.72 Å². The van der Waals surface area contributed by atoms with Crippen LogP contribution in [0.3, 0.4) is 0 Å². The third kappa shape index (κ3) is 3.18. The second-order valence-electron chi connectivity index (χ2n) is 4.08. The van der Waals surface area contributed by atoms with Crippen LogP contribution in [0.15, 0.2) is 56.0 Å². The van der Waals surface area contributed by atoms with Gasteiger partial charge >= 0.3 is 0 Å². The van der Waals surface area contributed by atoms with E-state index in [2.05, 4.69) is 25.6 Å². The molecule has 0 spiro atoms. The van der Waals surface area contributed by atoms with Crippen LogP contribution in [-0.2, 0) is 10.0 Å². The molecule has 1 N–H and O–H groups in total. The number of hydrogen-bond donors (Lipinski definition) is 1. The first-order valence-corrected chi connectivity index (χ1v) is 9.85. The smallest absolute Gasteiger partial charge is 0.272 e. The average Bonchev–Trinajstić information content (AvgIpc) is 3.09. The van der Waals surface area contributed by atoms with Crippen molar-refractivity contribution in [1.29, 1.82) is 0 Å². The molecule has 0 saturated carbocycles. The van der Waals surface area contributed by atoms with E-state index in [-0.39, 0.29) is 4.21 Å². The van der Waals surface area contributed by atoms with Gasteiger partial charge in [0.1, 0.15) is 5.01 Å². The molecule has 2 aromatic heterocycles. The summed E-state index contributed by atoms with van der Waals surface area (Å²) in [5.74, 6) is 0. The Morgan fingerprint density at radius 1 is 1.14 bits per heavy atom. The Kier molecular flexibility index (Phi) is 4.12. The van der Waals surface area contributed by atoms with Gasteiger partial charge in [0.25, 0.3) is 10.0 Å². The van der Waals surface area contributed by atoms with Crippen molar-refractivity contribution in [3.8, 4) is 10.6 Å². The molecule has 0 saturated heterocycles. The van der Waals surface area contributed by atoms with Crippen molar-refractivity contribution in [3.05, 3.63) is 51.8 Å². The number of rotatable bonds is 4. The van der Waals surface area contributed by atoms with Gasteiger partial charge in [0, 0.05) is 27.3 Å². The highest BCUT2D eigenvalue weighted by Crippen LogP contribution is 2.30. The van der Waals surface area contributed by atoms with E-state index >= 15 is 0 Å². The van der Waals surface area contributed by atoms with E-state index < -0.39 is 10.0 Å². The zero-order chi connectivity index (χ0) is 14.9. The van der Waals surface area contributed by atoms with Crippen LogP contribution in [-0.4, -0.2) is 13.4 Å². The Hall–Kier alpha value is -1.22. The van der Waals surface area contributed by atoms with Crippen molar-refractivity contribution in [1.82, 2.24) is 4.98 Å². The van der Waals surface area contributed by atoms with Gasteiger partial charge < -0.3 is 0 Å². The fraction of sp³-hybridized carbons (Fsp3) is 0. The first-order valence-electron chi connectivity index (χ1n) is 5.82. The number of benzene rings is 1. The number of nitrogens with one attached hydrogen (secondary N) is 1. The lowest BCUT2D eigenvalue weighted by Crippen LogP contribution is -2.11. The summed E-state index contributed by atoms with van der Waals surface area (Å²) in [6, 6.07) is 8.91. The van der Waals surface area contributed by atoms with Gasteiger partial charge in [0.15, 0.2) is 4.21 Å². The van der Waals surface area contributed by atoms with Crippen molar-refractivity contribution < 1.29 is 8.42 Å². The number of nitrogens with zero attached hydrogens (tertiary/aromatic N) is 1. The predicted octanol–water partition coefficient (Wildman–Crippen LogP) is 4.43. The normalized spacial score (nSPS) is 11.5. The van der Waals surface area contributed by atoms with Gasteiger partial charge in [-0.05, 0) is 39.5 Å². The lowest BCUT2D eigenvalue weighted by atomic mass is 10.2. The van der Waals surface area contributed by atoms with Crippen LogP contribution < -0.4 is 4.72 Å². The molecule has 0 atom stereocenters. The molecule has 0 aliphatic rings. The minimum atomic E-state index is -3.58. The van der Waals surface area contributed by atoms with Crippen molar-refractivity contribution >= 4 is 54.3 Å². The molecule has 8 heteroatoms. The molecule has 21 heavy (non-hydrogen) atoms. The van der Waals surface area contributed by atoms with Crippen LogP contribution >= 0.6 is 38.6 Å². The highest BCUT2D eigenvalue weighted by Gasteiger charge is 2.19. The van der Waals surface area contributed by atoms with Gasteiger partial charge in [-0.2, -0.15) is 0 Å². The highest BCUT2D eigenvalue weighted by molar-refractivity contribution is 9.10. The fourth-order valence-corrected chi connectivity index (χ4v) is 5.78. The Balaban J connectivity index is 1.92. The second-order valence-corrected chi connectivity index (χ2v) is 8.62. The first-order chi connectivity index (χ1) is 10.1. The summed E-state index contributed by atoms with van der Waals surface area (Å²) < 4.78 is 28.1. The number of anilines is 1. The van der Waals surface area contributed by atoms with E-state index in [0.717, 1.165) is 10.6 Å². The maximum Gasteiger partial charge on any atom is 0.272 e. The third-order valence-corrected chi connectivity index (χ3v) is 7.50. The highest BCUT2D eigenvalue weighted by atomic mass is 79.9.